The number of alkyl halides is 2. The highest BCUT2D eigenvalue weighted by molar-refractivity contribution is 6.99. The second-order valence-electron chi connectivity index (χ2n) is 16.7. The van der Waals surface area contributed by atoms with Crippen LogP contribution in [0.5, 0.6) is 0 Å². The molecule has 2 N–H and O–H groups in total. The van der Waals surface area contributed by atoms with Crippen LogP contribution >= 0.6 is 0 Å². The van der Waals surface area contributed by atoms with Gasteiger partial charge in [-0.1, -0.05) is 81.4 Å². The minimum atomic E-state index is -3.10. The number of aromatic amines is 1. The molecule has 292 valence electrons. The van der Waals surface area contributed by atoms with Crippen molar-refractivity contribution in [3.8, 4) is 0 Å². The van der Waals surface area contributed by atoms with Crippen LogP contribution in [0.1, 0.15) is 63.9 Å². The highest BCUT2D eigenvalue weighted by atomic mass is 28.4. The predicted octanol–water partition coefficient (Wildman–Crippen LogP) is 8.68. The molecule has 0 saturated carbocycles. The minimum absolute atomic E-state index is 0.0200. The fraction of sp³-hybridized carbons (Fsp3) is 0.409. The summed E-state index contributed by atoms with van der Waals surface area (Å²) in [5.41, 5.74) is 0.0658. The third-order valence-electron chi connectivity index (χ3n) is 11.4. The van der Waals surface area contributed by atoms with Crippen LogP contribution in [0, 0.1) is 17.5 Å². The van der Waals surface area contributed by atoms with Crippen LogP contribution in [-0.4, -0.2) is 80.3 Å². The van der Waals surface area contributed by atoms with Crippen molar-refractivity contribution in [2.24, 2.45) is 0 Å². The molecular formula is C44H51F5N4OSi. The number of likely N-dealkylation sites (tertiary alicyclic amines) is 1. The van der Waals surface area contributed by atoms with Crippen molar-refractivity contribution in [2.45, 2.75) is 76.3 Å². The molecule has 2 aliphatic rings. The molecule has 3 atom stereocenters. The van der Waals surface area contributed by atoms with Crippen molar-refractivity contribution in [3.05, 3.63) is 125 Å². The Bertz CT molecular complexity index is 2040. The maximum Gasteiger partial charge on any atom is 0.261 e. The first-order valence-electron chi connectivity index (χ1n) is 19.2. The fourth-order valence-electron chi connectivity index (χ4n) is 8.82. The SMILES string of the molecule is CC1Cc2c([nH]c3ccc(F)cc23)C(c2c(F)cc(NC3CN(CCCF)C3)cc2F)N1CC(C)(F)CO[Si](c1ccccc1)(c1ccccc1)C(C)(C)C. The van der Waals surface area contributed by atoms with Gasteiger partial charge in [0.25, 0.3) is 8.32 Å². The average molecular weight is 775 g/mol. The standard InChI is InChI=1S/C44H51F5N4OSi/c1-29-21-36-35-22-30(46)17-18-39(35)51-41(36)42(40-37(47)23-31(24-38(40)48)50-32-25-52(26-32)20-12-19-45)53(29)27-44(5,49)28-54-55(43(2,3)4,33-13-8-6-9-14-33)34-15-10-7-11-16-34/h6-11,13-18,22-24,29,32,42,50-51H,12,19-21,25-28H2,1-5H3. The van der Waals surface area contributed by atoms with Crippen molar-refractivity contribution < 1.29 is 26.4 Å². The molecular weight excluding hydrogens is 724 g/mol. The molecule has 1 aromatic heterocycles. The van der Waals surface area contributed by atoms with Gasteiger partial charge in [-0.05, 0) is 78.0 Å². The Morgan fingerprint density at radius 2 is 1.49 bits per heavy atom. The summed E-state index contributed by atoms with van der Waals surface area (Å²) in [6, 6.07) is 25.6. The summed E-state index contributed by atoms with van der Waals surface area (Å²) in [5, 5.41) is 5.53. The average Bonchev–Trinajstić information content (AvgIpc) is 3.47. The van der Waals surface area contributed by atoms with Gasteiger partial charge in [-0.3, -0.25) is 14.2 Å². The van der Waals surface area contributed by atoms with Crippen LogP contribution in [0.2, 0.25) is 5.04 Å². The number of nitrogens with zero attached hydrogens (tertiary/aromatic N) is 2. The van der Waals surface area contributed by atoms with E-state index < -0.39 is 37.5 Å². The van der Waals surface area contributed by atoms with Gasteiger partial charge >= 0.3 is 0 Å². The van der Waals surface area contributed by atoms with Gasteiger partial charge < -0.3 is 14.7 Å². The Hall–Kier alpha value is -4.03. The van der Waals surface area contributed by atoms with Gasteiger partial charge in [0.15, 0.2) is 0 Å². The molecule has 0 bridgehead atoms. The summed E-state index contributed by atoms with van der Waals surface area (Å²) in [6.07, 6.45) is 0.872. The zero-order valence-corrected chi connectivity index (χ0v) is 33.2. The molecule has 4 aromatic carbocycles. The van der Waals surface area contributed by atoms with Crippen LogP contribution in [0.25, 0.3) is 10.9 Å². The largest absolute Gasteiger partial charge is 0.404 e. The Balaban J connectivity index is 1.24. The molecule has 5 nitrogen and oxygen atoms in total. The number of rotatable bonds is 13. The van der Waals surface area contributed by atoms with Gasteiger partial charge in [0.1, 0.15) is 23.1 Å². The van der Waals surface area contributed by atoms with Gasteiger partial charge in [-0.15, -0.1) is 0 Å². The van der Waals surface area contributed by atoms with Crippen molar-refractivity contribution >= 4 is 35.3 Å². The smallest absolute Gasteiger partial charge is 0.261 e. The second-order valence-corrected chi connectivity index (χ2v) is 21.0. The van der Waals surface area contributed by atoms with Crippen LogP contribution in [0.4, 0.5) is 27.6 Å². The Labute approximate surface area is 322 Å². The van der Waals surface area contributed by atoms with E-state index in [0.29, 0.717) is 54.8 Å². The molecule has 1 fully saturated rings. The zero-order valence-electron chi connectivity index (χ0n) is 32.2. The Kier molecular flexibility index (Phi) is 11.0. The first-order valence-corrected chi connectivity index (χ1v) is 21.1. The fourth-order valence-corrected chi connectivity index (χ4v) is 13.5. The molecule has 5 aromatic rings. The zero-order chi connectivity index (χ0) is 39.1. The van der Waals surface area contributed by atoms with Gasteiger partial charge in [0.2, 0.25) is 0 Å². The highest BCUT2D eigenvalue weighted by Crippen LogP contribution is 2.44. The summed E-state index contributed by atoms with van der Waals surface area (Å²) >= 11 is 0. The first-order chi connectivity index (χ1) is 26.2. The van der Waals surface area contributed by atoms with Crippen LogP contribution < -0.4 is 15.7 Å². The topological polar surface area (TPSA) is 43.5 Å². The monoisotopic (exact) mass is 774 g/mol. The van der Waals surface area contributed by atoms with E-state index in [0.717, 1.165) is 15.9 Å². The molecule has 3 unspecified atom stereocenters. The quantitative estimate of drug-likeness (QED) is 0.0929. The summed E-state index contributed by atoms with van der Waals surface area (Å²) in [7, 11) is -3.10. The number of aromatic nitrogens is 1. The van der Waals surface area contributed by atoms with Crippen molar-refractivity contribution in [1.82, 2.24) is 14.8 Å². The summed E-state index contributed by atoms with van der Waals surface area (Å²) in [4.78, 5) is 7.27. The van der Waals surface area contributed by atoms with Crippen LogP contribution in [-0.2, 0) is 10.8 Å². The molecule has 2 aliphatic heterocycles. The van der Waals surface area contributed by atoms with E-state index in [-0.39, 0.29) is 42.5 Å². The molecule has 0 spiro atoms. The molecule has 3 heterocycles. The van der Waals surface area contributed by atoms with E-state index in [4.69, 9.17) is 4.43 Å². The molecule has 1 saturated heterocycles. The first kappa shape index (κ1) is 39.2. The lowest BCUT2D eigenvalue weighted by atomic mass is 9.87. The Morgan fingerprint density at radius 3 is 2.07 bits per heavy atom. The molecule has 55 heavy (non-hydrogen) atoms. The summed E-state index contributed by atoms with van der Waals surface area (Å²) in [6.45, 7) is 10.9. The highest BCUT2D eigenvalue weighted by Gasteiger charge is 2.52. The number of H-pyrrole nitrogens is 1. The van der Waals surface area contributed by atoms with Gasteiger partial charge in [0.05, 0.1) is 25.4 Å². The second kappa shape index (κ2) is 15.5. The number of hydrogen-bond acceptors (Lipinski definition) is 4. The molecule has 0 radical (unpaired) electrons. The van der Waals surface area contributed by atoms with E-state index >= 15 is 13.2 Å². The third-order valence-corrected chi connectivity index (χ3v) is 16.4. The van der Waals surface area contributed by atoms with E-state index in [2.05, 4.69) is 60.2 Å². The number of anilines is 1. The van der Waals surface area contributed by atoms with E-state index in [1.165, 1.54) is 31.2 Å². The normalized spacial score (nSPS) is 19.6. The molecule has 0 aliphatic carbocycles. The van der Waals surface area contributed by atoms with Crippen molar-refractivity contribution in [1.29, 1.82) is 0 Å². The predicted molar refractivity (Wildman–Crippen MR) is 214 cm³/mol. The lowest BCUT2D eigenvalue weighted by molar-refractivity contribution is 0.0207. The van der Waals surface area contributed by atoms with E-state index in [9.17, 15) is 8.78 Å². The summed E-state index contributed by atoms with van der Waals surface area (Å²) < 4.78 is 84.7. The molecule has 0 amide bonds. The minimum Gasteiger partial charge on any atom is -0.404 e. The van der Waals surface area contributed by atoms with Crippen molar-refractivity contribution in [3.63, 3.8) is 0 Å². The Morgan fingerprint density at radius 1 is 0.873 bits per heavy atom. The number of hydrogen-bond donors (Lipinski definition) is 2. The maximum atomic E-state index is 17.5. The lowest BCUT2D eigenvalue weighted by Gasteiger charge is -2.46. The maximum absolute atomic E-state index is 17.5. The number of benzene rings is 4. The number of nitrogens with one attached hydrogen (secondary N) is 2. The third kappa shape index (κ3) is 7.73. The van der Waals surface area contributed by atoms with Gasteiger partial charge in [-0.2, -0.15) is 0 Å². The lowest BCUT2D eigenvalue weighted by Crippen LogP contribution is -2.67. The number of halogens is 5. The van der Waals surface area contributed by atoms with Crippen LogP contribution in [0.15, 0.2) is 91.0 Å². The summed E-state index contributed by atoms with van der Waals surface area (Å²) in [5.74, 6) is -1.94. The van der Waals surface area contributed by atoms with Gasteiger partial charge in [-0.25, -0.2) is 17.6 Å². The van der Waals surface area contributed by atoms with Crippen LogP contribution in [0.3, 0.4) is 0 Å². The van der Waals surface area contributed by atoms with Gasteiger partial charge in [0, 0.05) is 60.1 Å². The van der Waals surface area contributed by atoms with E-state index in [1.54, 1.807) is 6.07 Å². The number of fused-ring (bicyclic) bond motifs is 3. The molecule has 11 heteroatoms. The van der Waals surface area contributed by atoms with E-state index in [1.807, 2.05) is 48.2 Å². The molecule has 7 rings (SSSR count). The van der Waals surface area contributed by atoms with Crippen molar-refractivity contribution in [2.75, 3.05) is 44.8 Å².